The van der Waals surface area contributed by atoms with Crippen LogP contribution in [0.1, 0.15) is 26.3 Å². The van der Waals surface area contributed by atoms with Crippen LogP contribution in [0.3, 0.4) is 0 Å². The highest BCUT2D eigenvalue weighted by atomic mass is 16.2. The third kappa shape index (κ3) is 2.45. The lowest BCUT2D eigenvalue weighted by atomic mass is 10.1. The molecule has 0 atom stereocenters. The monoisotopic (exact) mass is 273 g/mol. The van der Waals surface area contributed by atoms with Crippen LogP contribution < -0.4 is 0 Å². The fraction of sp³-hybridized carbons (Fsp3) is 0.286. The molecule has 6 nitrogen and oxygen atoms in total. The first-order valence-electron chi connectivity index (χ1n) is 6.17. The molecule has 20 heavy (non-hydrogen) atoms. The molecule has 0 bridgehead atoms. The van der Waals surface area contributed by atoms with Gasteiger partial charge < -0.3 is 0 Å². The third-order valence-electron chi connectivity index (χ3n) is 2.99. The maximum Gasteiger partial charge on any atom is 0.233 e. The molecular weight excluding hydrogens is 258 g/mol. The minimum absolute atomic E-state index is 0.0659. The SMILES string of the molecule is CC(=O)N1Cc2ccccc2N=C1N(C(C)=O)C(C)=O. The molecule has 3 amide bonds. The summed E-state index contributed by atoms with van der Waals surface area (Å²) in [6.07, 6.45) is 0. The Hall–Kier alpha value is -2.50. The summed E-state index contributed by atoms with van der Waals surface area (Å²) in [6.45, 7) is 4.20. The van der Waals surface area contributed by atoms with Crippen LogP contribution in [0.15, 0.2) is 29.3 Å². The van der Waals surface area contributed by atoms with E-state index in [9.17, 15) is 14.4 Å². The summed E-state index contributed by atoms with van der Waals surface area (Å²) in [6, 6.07) is 7.31. The van der Waals surface area contributed by atoms with Crippen LogP contribution in [-0.2, 0) is 20.9 Å². The minimum atomic E-state index is -0.470. The van der Waals surface area contributed by atoms with Crippen molar-refractivity contribution in [3.63, 3.8) is 0 Å². The molecule has 0 saturated carbocycles. The zero-order valence-corrected chi connectivity index (χ0v) is 11.6. The van der Waals surface area contributed by atoms with Crippen LogP contribution in [-0.4, -0.2) is 33.5 Å². The van der Waals surface area contributed by atoms with Gasteiger partial charge in [-0.1, -0.05) is 18.2 Å². The van der Waals surface area contributed by atoms with Crippen LogP contribution in [0.2, 0.25) is 0 Å². The summed E-state index contributed by atoms with van der Waals surface area (Å²) >= 11 is 0. The average Bonchev–Trinajstić information content (AvgIpc) is 2.36. The molecule has 0 spiro atoms. The number of benzene rings is 1. The van der Waals surface area contributed by atoms with E-state index in [4.69, 9.17) is 0 Å². The number of carbonyl (C=O) groups excluding carboxylic acids is 3. The summed E-state index contributed by atoms with van der Waals surface area (Å²) in [5.41, 5.74) is 1.53. The average molecular weight is 273 g/mol. The van der Waals surface area contributed by atoms with Crippen LogP contribution in [0.5, 0.6) is 0 Å². The van der Waals surface area contributed by atoms with Gasteiger partial charge in [-0.05, 0) is 11.6 Å². The van der Waals surface area contributed by atoms with Gasteiger partial charge in [0.25, 0.3) is 0 Å². The van der Waals surface area contributed by atoms with Gasteiger partial charge in [0.2, 0.25) is 23.7 Å². The second-order valence-electron chi connectivity index (χ2n) is 4.52. The number of nitrogens with zero attached hydrogens (tertiary/aromatic N) is 3. The Bertz CT molecular complexity index is 608. The van der Waals surface area contributed by atoms with Crippen molar-refractivity contribution in [2.45, 2.75) is 27.3 Å². The van der Waals surface area contributed by atoms with Crippen LogP contribution in [0, 0.1) is 0 Å². The zero-order valence-electron chi connectivity index (χ0n) is 11.6. The number of carbonyl (C=O) groups is 3. The maximum atomic E-state index is 11.8. The second-order valence-corrected chi connectivity index (χ2v) is 4.52. The first-order chi connectivity index (χ1) is 9.41. The van der Waals surface area contributed by atoms with Gasteiger partial charge in [0.05, 0.1) is 12.2 Å². The molecule has 0 fully saturated rings. The van der Waals surface area contributed by atoms with Crippen molar-refractivity contribution < 1.29 is 14.4 Å². The van der Waals surface area contributed by atoms with Gasteiger partial charge in [-0.15, -0.1) is 0 Å². The topological polar surface area (TPSA) is 70.1 Å². The van der Waals surface area contributed by atoms with E-state index >= 15 is 0 Å². The highest BCUT2D eigenvalue weighted by molar-refractivity contribution is 6.15. The third-order valence-corrected chi connectivity index (χ3v) is 2.99. The molecule has 0 aromatic heterocycles. The number of amides is 3. The van der Waals surface area contributed by atoms with Gasteiger partial charge in [-0.3, -0.25) is 19.3 Å². The van der Waals surface area contributed by atoms with Crippen molar-refractivity contribution in [3.05, 3.63) is 29.8 Å². The lowest BCUT2D eigenvalue weighted by Gasteiger charge is -2.32. The number of guanidine groups is 1. The molecule has 1 heterocycles. The van der Waals surface area contributed by atoms with Crippen molar-refractivity contribution in [2.24, 2.45) is 4.99 Å². The van der Waals surface area contributed by atoms with Crippen LogP contribution in [0.4, 0.5) is 5.69 Å². The largest absolute Gasteiger partial charge is 0.277 e. The molecule has 1 aliphatic heterocycles. The maximum absolute atomic E-state index is 11.8. The van der Waals surface area contributed by atoms with E-state index in [1.165, 1.54) is 25.7 Å². The molecule has 0 aliphatic carbocycles. The fourth-order valence-corrected chi connectivity index (χ4v) is 2.09. The number of rotatable bonds is 0. The molecule has 0 saturated heterocycles. The number of para-hydroxylation sites is 1. The van der Waals surface area contributed by atoms with Crippen molar-refractivity contribution in [1.82, 2.24) is 9.80 Å². The van der Waals surface area contributed by atoms with Gasteiger partial charge >= 0.3 is 0 Å². The Labute approximate surface area is 116 Å². The lowest BCUT2D eigenvalue weighted by molar-refractivity contribution is -0.138. The van der Waals surface area contributed by atoms with Crippen molar-refractivity contribution >= 4 is 29.4 Å². The van der Waals surface area contributed by atoms with Crippen LogP contribution in [0.25, 0.3) is 0 Å². The Morgan fingerprint density at radius 2 is 1.70 bits per heavy atom. The quantitative estimate of drug-likeness (QED) is 0.718. The fourth-order valence-electron chi connectivity index (χ4n) is 2.09. The van der Waals surface area contributed by atoms with Gasteiger partial charge in [-0.25, -0.2) is 9.89 Å². The Balaban J connectivity index is 2.56. The molecule has 1 aliphatic rings. The predicted molar refractivity (Wildman–Crippen MR) is 73.0 cm³/mol. The Morgan fingerprint density at radius 1 is 1.10 bits per heavy atom. The number of hydrogen-bond donors (Lipinski definition) is 0. The van der Waals surface area contributed by atoms with E-state index in [1.807, 2.05) is 18.2 Å². The van der Waals surface area contributed by atoms with Crippen molar-refractivity contribution in [3.8, 4) is 0 Å². The van der Waals surface area contributed by atoms with Gasteiger partial charge in [0.1, 0.15) is 0 Å². The van der Waals surface area contributed by atoms with E-state index in [1.54, 1.807) is 6.07 Å². The lowest BCUT2D eigenvalue weighted by Crippen LogP contribution is -2.51. The molecule has 0 unspecified atom stereocenters. The van der Waals surface area contributed by atoms with E-state index < -0.39 is 11.8 Å². The Morgan fingerprint density at radius 3 is 2.25 bits per heavy atom. The summed E-state index contributed by atoms with van der Waals surface area (Å²) in [7, 11) is 0. The molecule has 1 aromatic carbocycles. The smallest absolute Gasteiger partial charge is 0.233 e. The Kier molecular flexibility index (Phi) is 3.65. The first-order valence-corrected chi connectivity index (χ1v) is 6.17. The van der Waals surface area contributed by atoms with Crippen molar-refractivity contribution in [1.29, 1.82) is 0 Å². The van der Waals surface area contributed by atoms with E-state index in [-0.39, 0.29) is 11.9 Å². The summed E-state index contributed by atoms with van der Waals surface area (Å²) in [5, 5.41) is 0. The molecule has 0 N–H and O–H groups in total. The molecule has 1 aromatic rings. The van der Waals surface area contributed by atoms with Crippen LogP contribution >= 0.6 is 0 Å². The molecule has 104 valence electrons. The molecule has 2 rings (SSSR count). The summed E-state index contributed by atoms with van der Waals surface area (Å²) in [4.78, 5) is 41.6. The molecule has 0 radical (unpaired) electrons. The number of imide groups is 1. The minimum Gasteiger partial charge on any atom is -0.277 e. The molecular formula is C14H15N3O3. The van der Waals surface area contributed by atoms with Gasteiger partial charge in [0, 0.05) is 20.8 Å². The standard InChI is InChI=1S/C14H15N3O3/c1-9(18)16-8-12-6-4-5-7-13(12)15-14(16)17(10(2)19)11(3)20/h4-7H,8H2,1-3H3. The second kappa shape index (κ2) is 5.24. The van der Waals surface area contributed by atoms with E-state index in [0.717, 1.165) is 10.5 Å². The number of fused-ring (bicyclic) bond motifs is 1. The van der Waals surface area contributed by atoms with E-state index in [0.29, 0.717) is 12.2 Å². The van der Waals surface area contributed by atoms with Gasteiger partial charge in [0.15, 0.2) is 0 Å². The number of hydrogen-bond acceptors (Lipinski definition) is 4. The predicted octanol–water partition coefficient (Wildman–Crippen LogP) is 1.43. The van der Waals surface area contributed by atoms with E-state index in [2.05, 4.69) is 4.99 Å². The summed E-state index contributed by atoms with van der Waals surface area (Å²) < 4.78 is 0. The summed E-state index contributed by atoms with van der Waals surface area (Å²) in [5.74, 6) is -1.15. The number of aliphatic imine (C=N–C) groups is 1. The first kappa shape index (κ1) is 13.9. The normalized spacial score (nSPS) is 13.3. The molecule has 6 heteroatoms. The zero-order chi connectivity index (χ0) is 14.9. The highest BCUT2D eigenvalue weighted by Gasteiger charge is 2.31. The highest BCUT2D eigenvalue weighted by Crippen LogP contribution is 2.27. The van der Waals surface area contributed by atoms with Crippen molar-refractivity contribution in [2.75, 3.05) is 0 Å². The van der Waals surface area contributed by atoms with Gasteiger partial charge in [-0.2, -0.15) is 0 Å².